The average Bonchev–Trinajstić information content (AvgIpc) is 3.10. The van der Waals surface area contributed by atoms with E-state index >= 15 is 0 Å². The van der Waals surface area contributed by atoms with Crippen LogP contribution in [0.3, 0.4) is 0 Å². The minimum atomic E-state index is -0.263. The summed E-state index contributed by atoms with van der Waals surface area (Å²) in [7, 11) is 0. The molecule has 5 nitrogen and oxygen atoms in total. The fourth-order valence-corrected chi connectivity index (χ4v) is 4.39. The van der Waals surface area contributed by atoms with E-state index < -0.39 is 0 Å². The number of thioether (sulfide) groups is 1. The molecule has 2 N–H and O–H groups in total. The van der Waals surface area contributed by atoms with Gasteiger partial charge in [0.05, 0.1) is 5.25 Å². The molecule has 1 heterocycles. The van der Waals surface area contributed by atoms with Gasteiger partial charge in [-0.05, 0) is 38.0 Å². The van der Waals surface area contributed by atoms with Crippen LogP contribution in [-0.2, 0) is 11.3 Å². The zero-order chi connectivity index (χ0) is 19.2. The van der Waals surface area contributed by atoms with E-state index in [1.54, 1.807) is 0 Å². The Balaban J connectivity index is 1.53. The monoisotopic (exact) mass is 398 g/mol. The molecule has 1 unspecified atom stereocenters. The molecule has 27 heavy (non-hydrogen) atoms. The number of hydrogen-bond donors (Lipinski definition) is 2. The van der Waals surface area contributed by atoms with Gasteiger partial charge in [0.15, 0.2) is 4.34 Å². The Hall–Kier alpha value is -2.38. The molecule has 140 valence electrons. The summed E-state index contributed by atoms with van der Waals surface area (Å²) in [5.41, 5.74) is 4.27. The number of rotatable bonds is 7. The normalized spacial score (nSPS) is 11.8. The Morgan fingerprint density at radius 2 is 1.93 bits per heavy atom. The number of amides is 1. The Bertz CT molecular complexity index is 911. The van der Waals surface area contributed by atoms with Gasteiger partial charge in [0.2, 0.25) is 11.0 Å². The highest BCUT2D eigenvalue weighted by molar-refractivity contribution is 8.02. The van der Waals surface area contributed by atoms with E-state index in [-0.39, 0.29) is 11.2 Å². The van der Waals surface area contributed by atoms with Gasteiger partial charge in [-0.3, -0.25) is 4.79 Å². The molecule has 1 amide bonds. The average molecular weight is 399 g/mol. The maximum atomic E-state index is 12.5. The van der Waals surface area contributed by atoms with Crippen LogP contribution in [0, 0.1) is 13.8 Å². The Labute approximate surface area is 167 Å². The third-order valence-corrected chi connectivity index (χ3v) is 6.04. The molecule has 2 aromatic carbocycles. The number of aromatic nitrogens is 2. The van der Waals surface area contributed by atoms with Gasteiger partial charge in [0, 0.05) is 12.2 Å². The van der Waals surface area contributed by atoms with Crippen LogP contribution in [-0.4, -0.2) is 21.4 Å². The van der Waals surface area contributed by atoms with Crippen LogP contribution in [0.15, 0.2) is 52.9 Å². The molecule has 0 spiro atoms. The molecule has 0 radical (unpaired) electrons. The first-order valence-corrected chi connectivity index (χ1v) is 10.4. The fourth-order valence-electron chi connectivity index (χ4n) is 2.50. The predicted molar refractivity (Wildman–Crippen MR) is 114 cm³/mol. The van der Waals surface area contributed by atoms with Gasteiger partial charge in [-0.25, -0.2) is 0 Å². The molecule has 0 bridgehead atoms. The van der Waals surface area contributed by atoms with E-state index in [1.165, 1.54) is 34.2 Å². The van der Waals surface area contributed by atoms with Gasteiger partial charge in [-0.1, -0.05) is 71.1 Å². The summed E-state index contributed by atoms with van der Waals surface area (Å²) in [6.07, 6.45) is 0. The second-order valence-corrected chi connectivity index (χ2v) is 8.85. The standard InChI is InChI=1S/C20H22N4OS2/c1-13-9-10-17(14(2)11-13)22-18(25)15(3)26-20-24-23-19(27-20)21-12-16-7-5-4-6-8-16/h4-11,15H,12H2,1-3H3,(H,21,23)(H,22,25). The molecule has 0 fully saturated rings. The highest BCUT2D eigenvalue weighted by Crippen LogP contribution is 2.30. The van der Waals surface area contributed by atoms with Crippen molar-refractivity contribution >= 4 is 39.8 Å². The molecule has 3 aromatic rings. The summed E-state index contributed by atoms with van der Waals surface area (Å²) in [4.78, 5) is 12.5. The lowest BCUT2D eigenvalue weighted by Gasteiger charge is -2.12. The molecule has 0 aliphatic heterocycles. The second kappa shape index (κ2) is 9.01. The van der Waals surface area contributed by atoms with E-state index in [9.17, 15) is 4.79 Å². The SMILES string of the molecule is Cc1ccc(NC(=O)C(C)Sc2nnc(NCc3ccccc3)s2)c(C)c1. The maximum Gasteiger partial charge on any atom is 0.237 e. The lowest BCUT2D eigenvalue weighted by atomic mass is 10.1. The Kier molecular flexibility index (Phi) is 6.47. The van der Waals surface area contributed by atoms with Crippen molar-refractivity contribution in [3.63, 3.8) is 0 Å². The molecule has 0 aliphatic carbocycles. The molecular formula is C20H22N4OS2. The van der Waals surface area contributed by atoms with Crippen molar-refractivity contribution in [3.8, 4) is 0 Å². The molecule has 1 atom stereocenters. The summed E-state index contributed by atoms with van der Waals surface area (Å²) in [6.45, 7) is 6.61. The van der Waals surface area contributed by atoms with Gasteiger partial charge >= 0.3 is 0 Å². The molecule has 7 heteroatoms. The van der Waals surface area contributed by atoms with Gasteiger partial charge in [-0.2, -0.15) is 0 Å². The molecule has 0 saturated carbocycles. The number of nitrogens with one attached hydrogen (secondary N) is 2. The number of carbonyl (C=O) groups is 1. The molecule has 0 aliphatic rings. The van der Waals surface area contributed by atoms with Crippen molar-refractivity contribution in [2.45, 2.75) is 36.9 Å². The summed E-state index contributed by atoms with van der Waals surface area (Å²) in [6, 6.07) is 16.1. The zero-order valence-electron chi connectivity index (χ0n) is 15.5. The van der Waals surface area contributed by atoms with Crippen molar-refractivity contribution in [2.75, 3.05) is 10.6 Å². The molecule has 3 rings (SSSR count). The summed E-state index contributed by atoms with van der Waals surface area (Å²) < 4.78 is 0.772. The predicted octanol–water partition coefficient (Wildman–Crippen LogP) is 4.89. The largest absolute Gasteiger partial charge is 0.356 e. The number of carbonyl (C=O) groups excluding carboxylic acids is 1. The van der Waals surface area contributed by atoms with E-state index in [0.717, 1.165) is 20.7 Å². The van der Waals surface area contributed by atoms with Crippen LogP contribution in [0.1, 0.15) is 23.6 Å². The van der Waals surface area contributed by atoms with Crippen LogP contribution < -0.4 is 10.6 Å². The van der Waals surface area contributed by atoms with Gasteiger partial charge in [-0.15, -0.1) is 10.2 Å². The lowest BCUT2D eigenvalue weighted by molar-refractivity contribution is -0.115. The first-order chi connectivity index (χ1) is 13.0. The van der Waals surface area contributed by atoms with Gasteiger partial charge in [0.1, 0.15) is 0 Å². The van der Waals surface area contributed by atoms with Gasteiger partial charge < -0.3 is 10.6 Å². The van der Waals surface area contributed by atoms with Gasteiger partial charge in [0.25, 0.3) is 0 Å². The molecular weight excluding hydrogens is 376 g/mol. The minimum Gasteiger partial charge on any atom is -0.356 e. The number of hydrogen-bond acceptors (Lipinski definition) is 6. The quantitative estimate of drug-likeness (QED) is 0.555. The highest BCUT2D eigenvalue weighted by atomic mass is 32.2. The summed E-state index contributed by atoms with van der Waals surface area (Å²) in [5, 5.41) is 15.1. The number of nitrogens with zero attached hydrogens (tertiary/aromatic N) is 2. The van der Waals surface area contributed by atoms with Crippen LogP contribution in [0.4, 0.5) is 10.8 Å². The highest BCUT2D eigenvalue weighted by Gasteiger charge is 2.18. The van der Waals surface area contributed by atoms with Crippen LogP contribution in [0.5, 0.6) is 0 Å². The van der Waals surface area contributed by atoms with Crippen molar-refractivity contribution in [3.05, 3.63) is 65.2 Å². The first kappa shape index (κ1) is 19.4. The van der Waals surface area contributed by atoms with E-state index in [2.05, 4.69) is 39.0 Å². The third kappa shape index (κ3) is 5.55. The summed E-state index contributed by atoms with van der Waals surface area (Å²) in [5.74, 6) is -0.0408. The lowest BCUT2D eigenvalue weighted by Crippen LogP contribution is -2.22. The van der Waals surface area contributed by atoms with Crippen molar-refractivity contribution in [2.24, 2.45) is 0 Å². The number of aryl methyl sites for hydroxylation is 2. The fraction of sp³-hybridized carbons (Fsp3) is 0.250. The van der Waals surface area contributed by atoms with Crippen LogP contribution >= 0.6 is 23.1 Å². The summed E-state index contributed by atoms with van der Waals surface area (Å²) >= 11 is 2.87. The molecule has 0 saturated heterocycles. The van der Waals surface area contributed by atoms with Crippen molar-refractivity contribution in [1.29, 1.82) is 0 Å². The minimum absolute atomic E-state index is 0.0408. The third-order valence-electron chi connectivity index (χ3n) is 3.98. The molecule has 1 aromatic heterocycles. The Morgan fingerprint density at radius 1 is 1.15 bits per heavy atom. The van der Waals surface area contributed by atoms with E-state index in [0.29, 0.717) is 6.54 Å². The number of benzene rings is 2. The maximum absolute atomic E-state index is 12.5. The van der Waals surface area contributed by atoms with Crippen molar-refractivity contribution in [1.82, 2.24) is 10.2 Å². The smallest absolute Gasteiger partial charge is 0.237 e. The van der Waals surface area contributed by atoms with Crippen molar-refractivity contribution < 1.29 is 4.79 Å². The first-order valence-electron chi connectivity index (χ1n) is 8.67. The van der Waals surface area contributed by atoms with E-state index in [1.807, 2.05) is 51.1 Å². The second-order valence-electron chi connectivity index (χ2n) is 6.28. The Morgan fingerprint density at radius 3 is 2.67 bits per heavy atom. The van der Waals surface area contributed by atoms with Crippen LogP contribution in [0.25, 0.3) is 0 Å². The van der Waals surface area contributed by atoms with E-state index in [4.69, 9.17) is 0 Å². The zero-order valence-corrected chi connectivity index (χ0v) is 17.2. The van der Waals surface area contributed by atoms with Crippen LogP contribution in [0.2, 0.25) is 0 Å². The topological polar surface area (TPSA) is 66.9 Å². The number of anilines is 2.